The average Bonchev–Trinajstić information content (AvgIpc) is 2.50. The summed E-state index contributed by atoms with van der Waals surface area (Å²) in [5, 5.41) is 2.50. The van der Waals surface area contributed by atoms with E-state index >= 15 is 0 Å². The van der Waals surface area contributed by atoms with E-state index in [1.165, 1.54) is 14.2 Å². The number of hydrogen-bond donors (Lipinski definition) is 1. The summed E-state index contributed by atoms with van der Waals surface area (Å²) in [4.78, 5) is 36.9. The average molecular weight is 330 g/mol. The number of rotatable bonds is 3. The van der Waals surface area contributed by atoms with Gasteiger partial charge in [0.1, 0.15) is 11.6 Å². The number of methoxy groups -OCH3 is 2. The highest BCUT2D eigenvalue weighted by Crippen LogP contribution is 2.23. The fraction of sp³-hybridized carbons (Fsp3) is 0.800. The lowest BCUT2D eigenvalue weighted by Gasteiger charge is -2.35. The Hall–Kier alpha value is -1.99. The molecule has 0 bridgehead atoms. The molecule has 1 heterocycles. The molecule has 1 aliphatic heterocycles. The maximum Gasteiger partial charge on any atom is 0.410 e. The summed E-state index contributed by atoms with van der Waals surface area (Å²) in [6, 6.07) is -0.784. The summed E-state index contributed by atoms with van der Waals surface area (Å²) in [6.07, 6.45) is 0.0629. The Morgan fingerprint density at radius 3 is 2.09 bits per heavy atom. The van der Waals surface area contributed by atoms with Gasteiger partial charge in [-0.15, -0.1) is 0 Å². The molecular formula is C15H26N2O6. The van der Waals surface area contributed by atoms with Crippen molar-refractivity contribution in [3.63, 3.8) is 0 Å². The highest BCUT2D eigenvalue weighted by atomic mass is 16.6. The second kappa shape index (κ2) is 8.03. The Morgan fingerprint density at radius 1 is 1.09 bits per heavy atom. The van der Waals surface area contributed by atoms with Crippen molar-refractivity contribution in [3.8, 4) is 0 Å². The molecule has 1 aliphatic rings. The molecule has 0 aliphatic carbocycles. The van der Waals surface area contributed by atoms with Crippen LogP contribution < -0.4 is 5.32 Å². The van der Waals surface area contributed by atoms with E-state index < -0.39 is 23.7 Å². The van der Waals surface area contributed by atoms with Crippen LogP contribution in [0.5, 0.6) is 0 Å². The molecule has 23 heavy (non-hydrogen) atoms. The van der Waals surface area contributed by atoms with Crippen LogP contribution in [0.2, 0.25) is 0 Å². The normalized spacial score (nSPS) is 17.2. The molecule has 0 aromatic rings. The number of hydrogen-bond acceptors (Lipinski definition) is 6. The minimum Gasteiger partial charge on any atom is -0.467 e. The highest BCUT2D eigenvalue weighted by Gasteiger charge is 2.35. The van der Waals surface area contributed by atoms with Crippen LogP contribution >= 0.6 is 0 Å². The molecule has 1 saturated heterocycles. The highest BCUT2D eigenvalue weighted by molar-refractivity contribution is 5.81. The Bertz CT molecular complexity index is 438. The molecule has 0 saturated carbocycles. The van der Waals surface area contributed by atoms with Gasteiger partial charge in [-0.1, -0.05) is 0 Å². The molecule has 2 amide bonds. The summed E-state index contributed by atoms with van der Waals surface area (Å²) in [5.74, 6) is -0.647. The zero-order chi connectivity index (χ0) is 17.6. The first kappa shape index (κ1) is 19.1. The largest absolute Gasteiger partial charge is 0.467 e. The van der Waals surface area contributed by atoms with E-state index in [-0.39, 0.29) is 12.0 Å². The minimum atomic E-state index is -0.784. The Balaban J connectivity index is 2.62. The van der Waals surface area contributed by atoms with Gasteiger partial charge in [-0.2, -0.15) is 0 Å². The van der Waals surface area contributed by atoms with Crippen molar-refractivity contribution in [2.75, 3.05) is 27.3 Å². The van der Waals surface area contributed by atoms with Gasteiger partial charge in [-0.25, -0.2) is 14.4 Å². The SMILES string of the molecule is COC(=O)NC(C(=O)OC)C1CCN(C(=O)OC(C)(C)C)CC1. The van der Waals surface area contributed by atoms with Gasteiger partial charge in [0.05, 0.1) is 14.2 Å². The van der Waals surface area contributed by atoms with Crippen molar-refractivity contribution in [2.45, 2.75) is 45.3 Å². The molecule has 0 aromatic carbocycles. The first-order chi connectivity index (χ1) is 10.7. The van der Waals surface area contributed by atoms with Crippen molar-refractivity contribution < 1.29 is 28.6 Å². The Morgan fingerprint density at radius 2 is 1.65 bits per heavy atom. The minimum absolute atomic E-state index is 0.125. The summed E-state index contributed by atoms with van der Waals surface area (Å²) in [7, 11) is 2.50. The maximum absolute atomic E-state index is 12.0. The number of alkyl carbamates (subject to hydrolysis) is 1. The van der Waals surface area contributed by atoms with E-state index in [1.54, 1.807) is 4.90 Å². The van der Waals surface area contributed by atoms with E-state index in [9.17, 15) is 14.4 Å². The number of nitrogens with zero attached hydrogens (tertiary/aromatic N) is 1. The van der Waals surface area contributed by atoms with Crippen LogP contribution in [-0.4, -0.2) is 62.0 Å². The van der Waals surface area contributed by atoms with Gasteiger partial charge in [0.2, 0.25) is 0 Å². The van der Waals surface area contributed by atoms with Crippen molar-refractivity contribution >= 4 is 18.2 Å². The fourth-order valence-corrected chi connectivity index (χ4v) is 2.42. The fourth-order valence-electron chi connectivity index (χ4n) is 2.42. The Kier molecular flexibility index (Phi) is 6.65. The molecule has 0 radical (unpaired) electrons. The topological polar surface area (TPSA) is 94.2 Å². The quantitative estimate of drug-likeness (QED) is 0.623. The zero-order valence-corrected chi connectivity index (χ0v) is 14.4. The van der Waals surface area contributed by atoms with E-state index in [0.717, 1.165) is 0 Å². The van der Waals surface area contributed by atoms with Crippen molar-refractivity contribution in [1.29, 1.82) is 0 Å². The van der Waals surface area contributed by atoms with Gasteiger partial charge in [0.25, 0.3) is 0 Å². The second-order valence-electron chi connectivity index (χ2n) is 6.44. The van der Waals surface area contributed by atoms with Crippen LogP contribution in [0.1, 0.15) is 33.6 Å². The molecule has 132 valence electrons. The van der Waals surface area contributed by atoms with Gasteiger partial charge in [-0.3, -0.25) is 0 Å². The predicted molar refractivity (Wildman–Crippen MR) is 81.9 cm³/mol. The van der Waals surface area contributed by atoms with E-state index in [0.29, 0.717) is 25.9 Å². The third-order valence-electron chi connectivity index (χ3n) is 3.58. The van der Waals surface area contributed by atoms with Crippen LogP contribution in [-0.2, 0) is 19.0 Å². The van der Waals surface area contributed by atoms with Crippen molar-refractivity contribution in [1.82, 2.24) is 10.2 Å². The summed E-state index contributed by atoms with van der Waals surface area (Å²) in [6.45, 7) is 6.34. The first-order valence-corrected chi connectivity index (χ1v) is 7.58. The van der Waals surface area contributed by atoms with Crippen LogP contribution in [0.15, 0.2) is 0 Å². The van der Waals surface area contributed by atoms with Gasteiger partial charge in [0.15, 0.2) is 0 Å². The molecule has 1 atom stereocenters. The molecule has 1 fully saturated rings. The monoisotopic (exact) mass is 330 g/mol. The molecular weight excluding hydrogens is 304 g/mol. The number of likely N-dealkylation sites (tertiary alicyclic amines) is 1. The van der Waals surface area contributed by atoms with Crippen molar-refractivity contribution in [3.05, 3.63) is 0 Å². The Labute approximate surface area is 136 Å². The molecule has 0 aromatic heterocycles. The van der Waals surface area contributed by atoms with E-state index in [4.69, 9.17) is 9.47 Å². The van der Waals surface area contributed by atoms with Crippen LogP contribution in [0.3, 0.4) is 0 Å². The number of nitrogens with one attached hydrogen (secondary N) is 1. The van der Waals surface area contributed by atoms with E-state index in [1.807, 2.05) is 20.8 Å². The maximum atomic E-state index is 12.0. The molecule has 8 heteroatoms. The van der Waals surface area contributed by atoms with Gasteiger partial charge in [-0.05, 0) is 39.5 Å². The number of ether oxygens (including phenoxy) is 3. The number of carbonyl (C=O) groups is 3. The lowest BCUT2D eigenvalue weighted by Crippen LogP contribution is -2.51. The number of amides is 2. The summed E-state index contributed by atoms with van der Waals surface area (Å²) >= 11 is 0. The van der Waals surface area contributed by atoms with Crippen LogP contribution in [0.25, 0.3) is 0 Å². The number of piperidine rings is 1. The van der Waals surface area contributed by atoms with Crippen LogP contribution in [0, 0.1) is 5.92 Å². The molecule has 8 nitrogen and oxygen atoms in total. The van der Waals surface area contributed by atoms with Crippen LogP contribution in [0.4, 0.5) is 9.59 Å². The van der Waals surface area contributed by atoms with E-state index in [2.05, 4.69) is 10.1 Å². The molecule has 1 N–H and O–H groups in total. The number of esters is 1. The van der Waals surface area contributed by atoms with Gasteiger partial charge in [0, 0.05) is 13.1 Å². The lowest BCUT2D eigenvalue weighted by molar-refractivity contribution is -0.145. The number of carbonyl (C=O) groups excluding carboxylic acids is 3. The second-order valence-corrected chi connectivity index (χ2v) is 6.44. The molecule has 1 unspecified atom stereocenters. The third-order valence-corrected chi connectivity index (χ3v) is 3.58. The van der Waals surface area contributed by atoms with Gasteiger partial charge >= 0.3 is 18.2 Å². The summed E-state index contributed by atoms with van der Waals surface area (Å²) < 4.78 is 14.6. The smallest absolute Gasteiger partial charge is 0.410 e. The zero-order valence-electron chi connectivity index (χ0n) is 14.4. The van der Waals surface area contributed by atoms with Gasteiger partial charge < -0.3 is 24.4 Å². The lowest BCUT2D eigenvalue weighted by atomic mass is 9.89. The molecule has 1 rings (SSSR count). The first-order valence-electron chi connectivity index (χ1n) is 7.58. The third kappa shape index (κ3) is 5.96. The molecule has 0 spiro atoms. The summed E-state index contributed by atoms with van der Waals surface area (Å²) in [5.41, 5.74) is -0.547. The predicted octanol–water partition coefficient (Wildman–Crippen LogP) is 1.53. The standard InChI is InChI=1S/C15H26N2O6/c1-15(2,3)23-14(20)17-8-6-10(7-9-17)11(12(18)21-4)16-13(19)22-5/h10-11H,6-9H2,1-5H3,(H,16,19). The van der Waals surface area contributed by atoms with Crippen molar-refractivity contribution in [2.24, 2.45) is 5.92 Å².